The van der Waals surface area contributed by atoms with E-state index in [9.17, 15) is 26.4 Å². The zero-order valence-corrected chi connectivity index (χ0v) is 15.4. The van der Waals surface area contributed by atoms with Gasteiger partial charge in [-0.25, -0.2) is 8.42 Å². The van der Waals surface area contributed by atoms with Gasteiger partial charge in [-0.1, -0.05) is 19.1 Å². The standard InChI is InChI=1S/C17H16F3NO3S2/c1-2-13-11-8-10-25-14(11)7-9-21(13)16(22)12-5-3-4-6-15(12)26(23,24)17(18,19)20/h3-6,8,10,13H,2,7,9H2,1H3/t13-/m0/s1. The van der Waals surface area contributed by atoms with E-state index in [1.54, 1.807) is 11.3 Å². The molecule has 0 saturated heterocycles. The van der Waals surface area contributed by atoms with Crippen molar-refractivity contribution in [3.05, 3.63) is 51.7 Å². The minimum atomic E-state index is -5.61. The lowest BCUT2D eigenvalue weighted by Crippen LogP contribution is -2.40. The van der Waals surface area contributed by atoms with Crippen LogP contribution in [0.2, 0.25) is 0 Å². The van der Waals surface area contributed by atoms with Gasteiger partial charge in [0, 0.05) is 11.4 Å². The molecule has 9 heteroatoms. The Bertz CT molecular complexity index is 935. The predicted octanol–water partition coefficient (Wildman–Crippen LogP) is 4.19. The van der Waals surface area contributed by atoms with Gasteiger partial charge in [0.15, 0.2) is 0 Å². The Hall–Kier alpha value is -1.87. The second-order valence-electron chi connectivity index (χ2n) is 5.92. The number of fused-ring (bicyclic) bond motifs is 1. The number of nitrogens with zero attached hydrogens (tertiary/aromatic N) is 1. The Morgan fingerprint density at radius 3 is 2.62 bits per heavy atom. The Morgan fingerprint density at radius 2 is 1.96 bits per heavy atom. The highest BCUT2D eigenvalue weighted by Crippen LogP contribution is 2.38. The third-order valence-electron chi connectivity index (χ3n) is 4.45. The van der Waals surface area contributed by atoms with E-state index in [0.29, 0.717) is 19.4 Å². The second kappa shape index (κ2) is 6.70. The van der Waals surface area contributed by atoms with Crippen LogP contribution in [-0.2, 0) is 16.3 Å². The van der Waals surface area contributed by atoms with E-state index in [4.69, 9.17) is 0 Å². The van der Waals surface area contributed by atoms with E-state index >= 15 is 0 Å². The van der Waals surface area contributed by atoms with Crippen molar-refractivity contribution in [1.29, 1.82) is 0 Å². The molecular weight excluding hydrogens is 387 g/mol. The van der Waals surface area contributed by atoms with Crippen molar-refractivity contribution >= 4 is 27.1 Å². The molecule has 0 bridgehead atoms. The van der Waals surface area contributed by atoms with Gasteiger partial charge < -0.3 is 4.90 Å². The van der Waals surface area contributed by atoms with Gasteiger partial charge in [-0.15, -0.1) is 11.3 Å². The topological polar surface area (TPSA) is 54.5 Å². The number of alkyl halides is 3. The van der Waals surface area contributed by atoms with E-state index in [1.165, 1.54) is 17.0 Å². The van der Waals surface area contributed by atoms with Crippen LogP contribution in [0.4, 0.5) is 13.2 Å². The normalized spacial score (nSPS) is 17.8. The Balaban J connectivity index is 2.05. The van der Waals surface area contributed by atoms with Crippen molar-refractivity contribution in [2.24, 2.45) is 0 Å². The lowest BCUT2D eigenvalue weighted by Gasteiger charge is -2.35. The molecule has 1 atom stereocenters. The molecule has 2 aromatic rings. The van der Waals surface area contributed by atoms with Crippen molar-refractivity contribution in [2.45, 2.75) is 36.2 Å². The van der Waals surface area contributed by atoms with Crippen LogP contribution in [-0.4, -0.2) is 31.3 Å². The van der Waals surface area contributed by atoms with Gasteiger partial charge in [0.25, 0.3) is 15.7 Å². The maximum Gasteiger partial charge on any atom is 0.501 e. The summed E-state index contributed by atoms with van der Waals surface area (Å²) in [5.74, 6) is -0.697. The molecule has 1 aromatic heterocycles. The maximum absolute atomic E-state index is 13.0. The molecule has 1 aromatic carbocycles. The fourth-order valence-corrected chi connectivity index (χ4v) is 5.12. The van der Waals surface area contributed by atoms with Gasteiger partial charge in [-0.3, -0.25) is 4.79 Å². The lowest BCUT2D eigenvalue weighted by molar-refractivity contribution is -0.0436. The van der Waals surface area contributed by atoms with Gasteiger partial charge in [0.1, 0.15) is 0 Å². The van der Waals surface area contributed by atoms with E-state index in [1.807, 2.05) is 18.4 Å². The van der Waals surface area contributed by atoms with Crippen molar-refractivity contribution < 1.29 is 26.4 Å². The first-order chi connectivity index (χ1) is 12.2. The molecule has 3 rings (SSSR count). The molecule has 1 aliphatic heterocycles. The summed E-state index contributed by atoms with van der Waals surface area (Å²) in [5.41, 5.74) is -4.93. The smallest absolute Gasteiger partial charge is 0.331 e. The highest BCUT2D eigenvalue weighted by molar-refractivity contribution is 7.92. The number of thiophene rings is 1. The summed E-state index contributed by atoms with van der Waals surface area (Å²) in [7, 11) is -5.61. The number of carbonyl (C=O) groups is 1. The molecule has 0 N–H and O–H groups in total. The van der Waals surface area contributed by atoms with Crippen LogP contribution in [0.15, 0.2) is 40.6 Å². The van der Waals surface area contributed by atoms with Crippen LogP contribution in [0.1, 0.15) is 40.2 Å². The average molecular weight is 403 g/mol. The lowest BCUT2D eigenvalue weighted by atomic mass is 9.97. The molecule has 26 heavy (non-hydrogen) atoms. The van der Waals surface area contributed by atoms with Gasteiger partial charge in [0.05, 0.1) is 16.5 Å². The number of hydrogen-bond acceptors (Lipinski definition) is 4. The minimum Gasteiger partial charge on any atom is -0.331 e. The van der Waals surface area contributed by atoms with Crippen molar-refractivity contribution in [1.82, 2.24) is 4.90 Å². The third kappa shape index (κ3) is 3.03. The molecule has 2 heterocycles. The van der Waals surface area contributed by atoms with Gasteiger partial charge in [-0.05, 0) is 42.0 Å². The second-order valence-corrected chi connectivity index (χ2v) is 8.83. The summed E-state index contributed by atoms with van der Waals surface area (Å²) in [4.78, 5) is 14.6. The number of halogens is 3. The SMILES string of the molecule is CC[C@H]1c2ccsc2CCN1C(=O)c1ccccc1S(=O)(=O)C(F)(F)F. The maximum atomic E-state index is 13.0. The molecule has 0 radical (unpaired) electrons. The molecule has 0 fully saturated rings. The van der Waals surface area contributed by atoms with E-state index in [-0.39, 0.29) is 6.04 Å². The van der Waals surface area contributed by atoms with Crippen molar-refractivity contribution in [2.75, 3.05) is 6.54 Å². The average Bonchev–Trinajstić information content (AvgIpc) is 3.08. The summed E-state index contributed by atoms with van der Waals surface area (Å²) in [5, 5.41) is 1.92. The van der Waals surface area contributed by atoms with Crippen LogP contribution in [0, 0.1) is 0 Å². The molecule has 0 spiro atoms. The molecule has 0 saturated carbocycles. The van der Waals surface area contributed by atoms with Gasteiger partial charge >= 0.3 is 5.51 Å². The molecule has 4 nitrogen and oxygen atoms in total. The first kappa shape index (κ1) is 18.9. The number of sulfone groups is 1. The van der Waals surface area contributed by atoms with Crippen LogP contribution < -0.4 is 0 Å². The summed E-state index contributed by atoms with van der Waals surface area (Å²) in [6.07, 6.45) is 1.19. The molecular formula is C17H16F3NO3S2. The summed E-state index contributed by atoms with van der Waals surface area (Å²) in [6.45, 7) is 2.22. The predicted molar refractivity (Wildman–Crippen MR) is 91.8 cm³/mol. The van der Waals surface area contributed by atoms with Crippen molar-refractivity contribution in [3.8, 4) is 0 Å². The highest BCUT2D eigenvalue weighted by Gasteiger charge is 2.48. The molecule has 1 aliphatic rings. The number of benzene rings is 1. The Morgan fingerprint density at radius 1 is 1.27 bits per heavy atom. The fraction of sp³-hybridized carbons (Fsp3) is 0.353. The third-order valence-corrected chi connectivity index (χ3v) is 7.00. The zero-order chi connectivity index (χ0) is 19.1. The fourth-order valence-electron chi connectivity index (χ4n) is 3.24. The molecule has 0 unspecified atom stereocenters. The van der Waals surface area contributed by atoms with Crippen LogP contribution in [0.25, 0.3) is 0 Å². The molecule has 140 valence electrons. The van der Waals surface area contributed by atoms with Crippen LogP contribution in [0.5, 0.6) is 0 Å². The van der Waals surface area contributed by atoms with Crippen LogP contribution >= 0.6 is 11.3 Å². The Kier molecular flexibility index (Phi) is 4.87. The first-order valence-electron chi connectivity index (χ1n) is 7.96. The summed E-state index contributed by atoms with van der Waals surface area (Å²) in [6, 6.07) is 6.14. The number of hydrogen-bond donors (Lipinski definition) is 0. The molecule has 1 amide bonds. The number of rotatable bonds is 3. The number of carbonyl (C=O) groups excluding carboxylic acids is 1. The quantitative estimate of drug-likeness (QED) is 0.772. The van der Waals surface area contributed by atoms with Crippen molar-refractivity contribution in [3.63, 3.8) is 0 Å². The minimum absolute atomic E-state index is 0.279. The van der Waals surface area contributed by atoms with Gasteiger partial charge in [-0.2, -0.15) is 13.2 Å². The first-order valence-corrected chi connectivity index (χ1v) is 10.3. The summed E-state index contributed by atoms with van der Waals surface area (Å²) < 4.78 is 62.7. The van der Waals surface area contributed by atoms with E-state index in [2.05, 4.69) is 0 Å². The van der Waals surface area contributed by atoms with Crippen LogP contribution in [0.3, 0.4) is 0 Å². The highest BCUT2D eigenvalue weighted by atomic mass is 32.2. The molecule has 0 aliphatic carbocycles. The number of amides is 1. The van der Waals surface area contributed by atoms with Gasteiger partial charge in [0.2, 0.25) is 0 Å². The Labute approximate surface area is 153 Å². The van der Waals surface area contributed by atoms with E-state index < -0.39 is 31.7 Å². The summed E-state index contributed by atoms with van der Waals surface area (Å²) >= 11 is 1.58. The van der Waals surface area contributed by atoms with E-state index in [0.717, 1.165) is 22.6 Å². The largest absolute Gasteiger partial charge is 0.501 e. The monoisotopic (exact) mass is 403 g/mol. The zero-order valence-electron chi connectivity index (χ0n) is 13.8.